The van der Waals surface area contributed by atoms with E-state index in [2.05, 4.69) is 24.8 Å². The molecule has 2 heterocycles. The molecule has 1 aromatic heterocycles. The van der Waals surface area contributed by atoms with Crippen LogP contribution in [0, 0.1) is 12.3 Å². The second-order valence-electron chi connectivity index (χ2n) is 7.73. The van der Waals surface area contributed by atoms with E-state index in [1.807, 2.05) is 6.92 Å². The molecule has 0 bridgehead atoms. The second-order valence-corrected chi connectivity index (χ2v) is 7.73. The van der Waals surface area contributed by atoms with E-state index in [4.69, 9.17) is 25.4 Å². The fourth-order valence-corrected chi connectivity index (χ4v) is 3.78. The normalized spacial score (nSPS) is 23.3. The van der Waals surface area contributed by atoms with E-state index >= 15 is 0 Å². The van der Waals surface area contributed by atoms with Crippen LogP contribution in [0.3, 0.4) is 0 Å². The van der Waals surface area contributed by atoms with Crippen molar-refractivity contribution in [2.24, 2.45) is 0 Å². The van der Waals surface area contributed by atoms with E-state index in [0.717, 1.165) is 38.5 Å². The third kappa shape index (κ3) is 7.32. The summed E-state index contributed by atoms with van der Waals surface area (Å²) >= 11 is 0. The first-order valence-electron chi connectivity index (χ1n) is 11.3. The molecule has 0 saturated carbocycles. The minimum Gasteiger partial charge on any atom is -0.379 e. The Bertz CT molecular complexity index is 790. The maximum absolute atomic E-state index is 12.4. The monoisotopic (exact) mass is 436 g/mol. The molecule has 0 spiro atoms. The van der Waals surface area contributed by atoms with Crippen LogP contribution in [-0.2, 0) is 18.9 Å². The molecule has 0 amide bonds. The summed E-state index contributed by atoms with van der Waals surface area (Å²) in [5, 5.41) is 0. The summed E-state index contributed by atoms with van der Waals surface area (Å²) in [5.74, 6) is 2.48. The number of hydrogen-bond acceptors (Lipinski definition) is 6. The number of nitrogens with zero attached hydrogens (tertiary/aromatic N) is 1. The highest BCUT2D eigenvalue weighted by Gasteiger charge is 2.48. The molecule has 8 nitrogen and oxygen atoms in total. The van der Waals surface area contributed by atoms with Gasteiger partial charge in [0, 0.05) is 18.9 Å². The molecule has 1 aliphatic heterocycles. The van der Waals surface area contributed by atoms with Crippen molar-refractivity contribution in [1.82, 2.24) is 9.55 Å². The highest BCUT2D eigenvalue weighted by Crippen LogP contribution is 2.35. The van der Waals surface area contributed by atoms with Crippen molar-refractivity contribution in [3.05, 3.63) is 33.1 Å². The van der Waals surface area contributed by atoms with Crippen molar-refractivity contribution < 1.29 is 18.9 Å². The van der Waals surface area contributed by atoms with Gasteiger partial charge in [0.25, 0.3) is 5.56 Å². The third-order valence-electron chi connectivity index (χ3n) is 5.37. The van der Waals surface area contributed by atoms with Crippen LogP contribution in [0.25, 0.3) is 0 Å². The van der Waals surface area contributed by atoms with Gasteiger partial charge in [0.1, 0.15) is 24.9 Å². The number of nitrogens with one attached hydrogen (secondary N) is 1. The third-order valence-corrected chi connectivity index (χ3v) is 5.37. The molecule has 0 aromatic carbocycles. The molecule has 174 valence electrons. The average molecular weight is 437 g/mol. The van der Waals surface area contributed by atoms with Crippen LogP contribution in [0.1, 0.15) is 65.5 Å². The second kappa shape index (κ2) is 13.5. The number of ether oxygens (including phenoxy) is 4. The Morgan fingerprint density at radius 1 is 1.19 bits per heavy atom. The van der Waals surface area contributed by atoms with E-state index in [1.54, 1.807) is 0 Å². The summed E-state index contributed by atoms with van der Waals surface area (Å²) in [5.41, 5.74) is -1.05. The predicted molar refractivity (Wildman–Crippen MR) is 118 cm³/mol. The zero-order valence-corrected chi connectivity index (χ0v) is 18.9. The lowest BCUT2D eigenvalue weighted by atomic mass is 10.0. The Labute approximate surface area is 184 Å². The van der Waals surface area contributed by atoms with E-state index in [1.165, 1.54) is 16.8 Å². The maximum Gasteiger partial charge on any atom is 0.330 e. The molecule has 1 aliphatic rings. The predicted octanol–water partition coefficient (Wildman–Crippen LogP) is 2.62. The molecule has 4 unspecified atom stereocenters. The van der Waals surface area contributed by atoms with Crippen molar-refractivity contribution >= 4 is 0 Å². The smallest absolute Gasteiger partial charge is 0.330 e. The summed E-state index contributed by atoms with van der Waals surface area (Å²) in [7, 11) is 0. The molecule has 31 heavy (non-hydrogen) atoms. The van der Waals surface area contributed by atoms with E-state index in [9.17, 15) is 9.59 Å². The van der Waals surface area contributed by atoms with Gasteiger partial charge in [0.15, 0.2) is 6.23 Å². The van der Waals surface area contributed by atoms with Gasteiger partial charge in [-0.1, -0.05) is 45.5 Å². The molecule has 4 atom stereocenters. The first-order valence-corrected chi connectivity index (χ1v) is 11.3. The van der Waals surface area contributed by atoms with Gasteiger partial charge in [-0.25, -0.2) is 4.79 Å². The van der Waals surface area contributed by atoms with Crippen LogP contribution in [-0.4, -0.2) is 53.8 Å². The Hall–Kier alpha value is -1.92. The van der Waals surface area contributed by atoms with Gasteiger partial charge in [-0.15, -0.1) is 6.42 Å². The molecule has 1 aromatic rings. The van der Waals surface area contributed by atoms with Gasteiger partial charge in [-0.2, -0.15) is 0 Å². The SMILES string of the molecule is C#CCOC1C(OC(CCCC)CCCC)C(COCC)OC1n1ccc(=O)[nH]c1=O. The van der Waals surface area contributed by atoms with Crippen molar-refractivity contribution in [1.29, 1.82) is 0 Å². The van der Waals surface area contributed by atoms with Crippen LogP contribution < -0.4 is 11.2 Å². The number of H-pyrrole nitrogens is 1. The van der Waals surface area contributed by atoms with Crippen molar-refractivity contribution in [3.63, 3.8) is 0 Å². The van der Waals surface area contributed by atoms with Gasteiger partial charge in [-0.3, -0.25) is 14.3 Å². The number of unbranched alkanes of at least 4 members (excludes halogenated alkanes) is 2. The first kappa shape index (κ1) is 25.3. The summed E-state index contributed by atoms with van der Waals surface area (Å²) in [6.07, 6.45) is 10.8. The lowest BCUT2D eigenvalue weighted by molar-refractivity contribution is -0.108. The fraction of sp³-hybridized carbons (Fsp3) is 0.739. The Morgan fingerprint density at radius 2 is 1.90 bits per heavy atom. The van der Waals surface area contributed by atoms with Crippen LogP contribution in [0.2, 0.25) is 0 Å². The van der Waals surface area contributed by atoms with E-state index in [-0.39, 0.29) is 12.7 Å². The number of rotatable bonds is 14. The molecule has 1 saturated heterocycles. The van der Waals surface area contributed by atoms with E-state index in [0.29, 0.717) is 13.2 Å². The maximum atomic E-state index is 12.4. The van der Waals surface area contributed by atoms with E-state index < -0.39 is 35.8 Å². The Kier molecular flexibility index (Phi) is 11.0. The Morgan fingerprint density at radius 3 is 2.48 bits per heavy atom. The van der Waals surface area contributed by atoms with Crippen molar-refractivity contribution in [3.8, 4) is 12.3 Å². The quantitative estimate of drug-likeness (QED) is 0.451. The highest BCUT2D eigenvalue weighted by atomic mass is 16.6. The van der Waals surface area contributed by atoms with Crippen LogP contribution in [0.15, 0.2) is 21.9 Å². The molecule has 8 heteroatoms. The zero-order chi connectivity index (χ0) is 22.6. The molecular weight excluding hydrogens is 400 g/mol. The average Bonchev–Trinajstić information content (AvgIpc) is 3.09. The molecular formula is C23H36N2O6. The van der Waals surface area contributed by atoms with Crippen LogP contribution >= 0.6 is 0 Å². The lowest BCUT2D eigenvalue weighted by Crippen LogP contribution is -2.42. The van der Waals surface area contributed by atoms with Gasteiger partial charge in [0.2, 0.25) is 0 Å². The standard InChI is InChI=1S/C23H36N2O6/c1-5-9-11-17(12-10-6-2)30-20-18(16-28-8-4)31-22(21(20)29-15-7-3)25-14-13-19(26)24-23(25)27/h3,13-14,17-18,20-22H,5-6,8-12,15-16H2,1-2,4H3,(H,24,26,27). The lowest BCUT2D eigenvalue weighted by Gasteiger charge is -2.29. The van der Waals surface area contributed by atoms with Gasteiger partial charge >= 0.3 is 5.69 Å². The largest absolute Gasteiger partial charge is 0.379 e. The summed E-state index contributed by atoms with van der Waals surface area (Å²) in [6, 6.07) is 1.28. The summed E-state index contributed by atoms with van der Waals surface area (Å²) < 4.78 is 25.7. The number of terminal acetylenes is 1. The first-order chi connectivity index (χ1) is 15.0. The van der Waals surface area contributed by atoms with Crippen LogP contribution in [0.4, 0.5) is 0 Å². The zero-order valence-electron chi connectivity index (χ0n) is 18.9. The van der Waals surface area contributed by atoms with Crippen LogP contribution in [0.5, 0.6) is 0 Å². The number of hydrogen-bond donors (Lipinski definition) is 1. The minimum absolute atomic E-state index is 0.0540. The minimum atomic E-state index is -0.786. The topological polar surface area (TPSA) is 91.8 Å². The van der Waals surface area contributed by atoms with Gasteiger partial charge in [-0.05, 0) is 19.8 Å². The number of aromatic amines is 1. The van der Waals surface area contributed by atoms with Gasteiger partial charge < -0.3 is 18.9 Å². The number of aromatic nitrogens is 2. The van der Waals surface area contributed by atoms with Crippen molar-refractivity contribution in [2.75, 3.05) is 19.8 Å². The van der Waals surface area contributed by atoms with Gasteiger partial charge in [0.05, 0.1) is 12.7 Å². The summed E-state index contributed by atoms with van der Waals surface area (Å²) in [4.78, 5) is 26.2. The van der Waals surface area contributed by atoms with Crippen molar-refractivity contribution in [2.45, 2.75) is 89.9 Å². The fourth-order valence-electron chi connectivity index (χ4n) is 3.78. The Balaban J connectivity index is 2.34. The highest BCUT2D eigenvalue weighted by molar-refractivity contribution is 4.97. The molecule has 2 rings (SSSR count). The molecule has 0 aliphatic carbocycles. The molecule has 1 N–H and O–H groups in total. The summed E-state index contributed by atoms with van der Waals surface area (Å²) in [6.45, 7) is 7.11. The molecule has 1 fully saturated rings. The molecule has 0 radical (unpaired) electrons.